The lowest BCUT2D eigenvalue weighted by Crippen LogP contribution is -2.35. The number of halogens is 1. The van der Waals surface area contributed by atoms with Gasteiger partial charge in [-0.15, -0.1) is 0 Å². The van der Waals surface area contributed by atoms with Gasteiger partial charge in [0.1, 0.15) is 24.0 Å². The van der Waals surface area contributed by atoms with E-state index in [4.69, 9.17) is 31.2 Å². The third-order valence-electron chi connectivity index (χ3n) is 4.98. The second-order valence-electron chi connectivity index (χ2n) is 7.88. The van der Waals surface area contributed by atoms with E-state index < -0.39 is 5.91 Å². The summed E-state index contributed by atoms with van der Waals surface area (Å²) >= 11 is 7.43. The maximum Gasteiger partial charge on any atom is 0.283 e. The highest BCUT2D eigenvalue weighted by Crippen LogP contribution is 2.33. The van der Waals surface area contributed by atoms with E-state index in [0.717, 1.165) is 5.04 Å². The third kappa shape index (κ3) is 5.68. The van der Waals surface area contributed by atoms with Crippen molar-refractivity contribution in [3.63, 3.8) is 0 Å². The highest BCUT2D eigenvalue weighted by atomic mass is 35.5. The van der Waals surface area contributed by atoms with Gasteiger partial charge < -0.3 is 14.2 Å². The number of rotatable bonds is 9. The van der Waals surface area contributed by atoms with Gasteiger partial charge in [0.15, 0.2) is 17.3 Å². The molecule has 1 amide bonds. The Morgan fingerprint density at radius 1 is 1.09 bits per heavy atom. The van der Waals surface area contributed by atoms with E-state index in [-0.39, 0.29) is 23.9 Å². The number of para-hydroxylation sites is 1. The minimum Gasteiger partial charge on any atom is -0.490 e. The second kappa shape index (κ2) is 11.0. The topological polar surface area (TPSA) is 96.6 Å². The lowest BCUT2D eigenvalue weighted by molar-refractivity contribution is -0.114. The van der Waals surface area contributed by atoms with Crippen LogP contribution in [0, 0.1) is 11.3 Å². The molecule has 2 aliphatic rings. The van der Waals surface area contributed by atoms with Crippen LogP contribution in [0.15, 0.2) is 58.1 Å². The van der Waals surface area contributed by atoms with Crippen LogP contribution in [0.5, 0.6) is 17.2 Å². The first kappa shape index (κ1) is 24.8. The Morgan fingerprint density at radius 2 is 1.83 bits per heavy atom. The molecule has 0 atom stereocenters. The van der Waals surface area contributed by atoms with Crippen LogP contribution >= 0.6 is 23.4 Å². The summed E-state index contributed by atoms with van der Waals surface area (Å²) in [6, 6.07) is 12.6. The first-order chi connectivity index (χ1) is 16.9. The van der Waals surface area contributed by atoms with Gasteiger partial charge in [-0.1, -0.05) is 43.6 Å². The molecule has 0 spiro atoms. The molecular weight excluding hydrogens is 488 g/mol. The smallest absolute Gasteiger partial charge is 0.283 e. The van der Waals surface area contributed by atoms with Gasteiger partial charge in [-0.2, -0.15) is 15.1 Å². The van der Waals surface area contributed by atoms with Crippen molar-refractivity contribution in [3.05, 3.63) is 58.6 Å². The normalized spacial score (nSPS) is 16.4. The third-order valence-corrected chi connectivity index (χ3v) is 6.50. The number of aliphatic imine (C=N–C) groups is 1. The molecule has 10 heteroatoms. The Labute approximate surface area is 213 Å². The summed E-state index contributed by atoms with van der Waals surface area (Å²) in [7, 11) is 0. The van der Waals surface area contributed by atoms with Gasteiger partial charge in [0.2, 0.25) is 5.17 Å². The SMILES string of the molecule is CCOc1cc(C=C2C(=N)N3N=C(C(C)C)SC3=NC2=O)ccc1OCCOc1ccccc1Cl. The highest BCUT2D eigenvalue weighted by Gasteiger charge is 2.36. The Bertz CT molecular complexity index is 1240. The van der Waals surface area contributed by atoms with Crippen molar-refractivity contribution in [1.29, 1.82) is 5.41 Å². The van der Waals surface area contributed by atoms with Gasteiger partial charge in [0.05, 0.1) is 17.2 Å². The summed E-state index contributed by atoms with van der Waals surface area (Å²) < 4.78 is 17.3. The number of nitrogens with one attached hydrogen (secondary N) is 1. The maximum atomic E-state index is 12.7. The number of benzene rings is 2. The molecule has 0 radical (unpaired) electrons. The number of hydrogen-bond acceptors (Lipinski definition) is 7. The van der Waals surface area contributed by atoms with Crippen LogP contribution in [-0.4, -0.2) is 46.8 Å². The molecule has 2 aromatic carbocycles. The molecule has 0 saturated heterocycles. The van der Waals surface area contributed by atoms with Gasteiger partial charge in [-0.25, -0.2) is 0 Å². The fraction of sp³-hybridized carbons (Fsp3) is 0.280. The summed E-state index contributed by atoms with van der Waals surface area (Å²) in [4.78, 5) is 16.8. The Morgan fingerprint density at radius 3 is 2.54 bits per heavy atom. The molecule has 4 rings (SSSR count). The van der Waals surface area contributed by atoms with Crippen LogP contribution < -0.4 is 14.2 Å². The molecule has 2 aliphatic heterocycles. The highest BCUT2D eigenvalue weighted by molar-refractivity contribution is 8.27. The molecule has 0 fully saturated rings. The van der Waals surface area contributed by atoms with Crippen molar-refractivity contribution in [2.45, 2.75) is 20.8 Å². The summed E-state index contributed by atoms with van der Waals surface area (Å²) in [6.07, 6.45) is 1.62. The molecular formula is C25H25ClN4O4S. The van der Waals surface area contributed by atoms with Crippen molar-refractivity contribution in [3.8, 4) is 17.2 Å². The second-order valence-corrected chi connectivity index (χ2v) is 9.27. The van der Waals surface area contributed by atoms with Crippen LogP contribution in [0.1, 0.15) is 26.3 Å². The number of thioether (sulfide) groups is 1. The average Bonchev–Trinajstić information content (AvgIpc) is 3.26. The zero-order valence-corrected chi connectivity index (χ0v) is 21.2. The van der Waals surface area contributed by atoms with Gasteiger partial charge in [0, 0.05) is 5.92 Å². The molecule has 0 bridgehead atoms. The van der Waals surface area contributed by atoms with E-state index in [9.17, 15) is 4.79 Å². The predicted octanol–water partition coefficient (Wildman–Crippen LogP) is 5.47. The Kier molecular flexibility index (Phi) is 7.77. The largest absolute Gasteiger partial charge is 0.490 e. The number of hydrogen-bond donors (Lipinski definition) is 1. The van der Waals surface area contributed by atoms with E-state index in [1.54, 1.807) is 36.4 Å². The molecule has 2 heterocycles. The zero-order valence-electron chi connectivity index (χ0n) is 19.6. The fourth-order valence-electron chi connectivity index (χ4n) is 3.27. The molecule has 35 heavy (non-hydrogen) atoms. The number of ether oxygens (including phenoxy) is 3. The molecule has 0 unspecified atom stereocenters. The van der Waals surface area contributed by atoms with Crippen molar-refractivity contribution in [2.75, 3.05) is 19.8 Å². The number of carbonyl (C=O) groups is 1. The van der Waals surface area contributed by atoms with E-state index in [1.165, 1.54) is 16.8 Å². The summed E-state index contributed by atoms with van der Waals surface area (Å²) in [5.74, 6) is 1.37. The zero-order chi connectivity index (χ0) is 24.9. The number of fused-ring (bicyclic) bond motifs is 1. The number of nitrogens with zero attached hydrogens (tertiary/aromatic N) is 3. The number of carbonyl (C=O) groups excluding carboxylic acids is 1. The molecule has 0 aromatic heterocycles. The Balaban J connectivity index is 1.48. The number of amides is 1. The van der Waals surface area contributed by atoms with E-state index in [0.29, 0.717) is 46.2 Å². The van der Waals surface area contributed by atoms with Crippen LogP contribution in [0.4, 0.5) is 0 Å². The lowest BCUT2D eigenvalue weighted by Gasteiger charge is -2.20. The molecule has 1 N–H and O–H groups in total. The van der Waals surface area contributed by atoms with Crippen molar-refractivity contribution in [2.24, 2.45) is 16.0 Å². The van der Waals surface area contributed by atoms with Crippen LogP contribution in [0.25, 0.3) is 6.08 Å². The summed E-state index contributed by atoms with van der Waals surface area (Å²) in [6.45, 7) is 6.92. The van der Waals surface area contributed by atoms with Crippen LogP contribution in [0.2, 0.25) is 5.02 Å². The molecule has 0 saturated carbocycles. The molecule has 0 aliphatic carbocycles. The van der Waals surface area contributed by atoms with E-state index in [1.807, 2.05) is 32.9 Å². The van der Waals surface area contributed by atoms with Crippen LogP contribution in [0.3, 0.4) is 0 Å². The lowest BCUT2D eigenvalue weighted by atomic mass is 10.1. The van der Waals surface area contributed by atoms with Crippen LogP contribution in [-0.2, 0) is 4.79 Å². The van der Waals surface area contributed by atoms with E-state index in [2.05, 4.69) is 10.1 Å². The maximum absolute atomic E-state index is 12.7. The van der Waals surface area contributed by atoms with Gasteiger partial charge in [-0.3, -0.25) is 10.2 Å². The molecule has 2 aromatic rings. The first-order valence-electron chi connectivity index (χ1n) is 11.1. The van der Waals surface area contributed by atoms with Gasteiger partial charge >= 0.3 is 0 Å². The van der Waals surface area contributed by atoms with Gasteiger partial charge in [-0.05, 0) is 54.6 Å². The number of amidine groups is 2. The number of hydrazone groups is 1. The fourth-order valence-corrected chi connectivity index (χ4v) is 4.36. The molecule has 8 nitrogen and oxygen atoms in total. The molecule has 182 valence electrons. The predicted molar refractivity (Wildman–Crippen MR) is 140 cm³/mol. The van der Waals surface area contributed by atoms with Gasteiger partial charge in [0.25, 0.3) is 5.91 Å². The summed E-state index contributed by atoms with van der Waals surface area (Å²) in [5.41, 5.74) is 0.840. The average molecular weight is 513 g/mol. The van der Waals surface area contributed by atoms with Crippen molar-refractivity contribution >= 4 is 51.4 Å². The summed E-state index contributed by atoms with van der Waals surface area (Å²) in [5, 5.41) is 16.1. The minimum atomic E-state index is -0.469. The monoisotopic (exact) mass is 512 g/mol. The van der Waals surface area contributed by atoms with Crippen molar-refractivity contribution < 1.29 is 19.0 Å². The minimum absolute atomic E-state index is 0.00171. The Hall–Kier alpha value is -3.30. The van der Waals surface area contributed by atoms with E-state index >= 15 is 0 Å². The quantitative estimate of drug-likeness (QED) is 0.353. The van der Waals surface area contributed by atoms with Crippen molar-refractivity contribution in [1.82, 2.24) is 5.01 Å². The standard InChI is InChI=1S/C25H25ClN4O4S/c1-4-32-21-14-16(9-10-20(21)34-12-11-33-19-8-6-5-7-18(19)26)13-17-22(27)30-25(28-23(17)31)35-24(29-30)15(2)3/h5-10,13-15,27H,4,11-12H2,1-3H3. The first-order valence-corrected chi connectivity index (χ1v) is 12.3.